The van der Waals surface area contributed by atoms with E-state index >= 15 is 0 Å². The number of aromatic nitrogens is 2. The molecule has 0 saturated heterocycles. The molecule has 0 bridgehead atoms. The second-order valence-electron chi connectivity index (χ2n) is 4.74. The van der Waals surface area contributed by atoms with Gasteiger partial charge in [-0.25, -0.2) is 8.42 Å². The van der Waals surface area contributed by atoms with Crippen molar-refractivity contribution in [2.75, 3.05) is 18.0 Å². The number of carbonyl (C=O) groups excluding carboxylic acids is 2. The van der Waals surface area contributed by atoms with Gasteiger partial charge in [-0.15, -0.1) is 5.10 Å². The molecule has 1 aliphatic rings. The van der Waals surface area contributed by atoms with Crippen LogP contribution in [-0.4, -0.2) is 46.6 Å². The van der Waals surface area contributed by atoms with E-state index in [-0.39, 0.29) is 23.5 Å². The van der Waals surface area contributed by atoms with Gasteiger partial charge in [0.2, 0.25) is 0 Å². The molecule has 0 unspecified atom stereocenters. The normalized spacial score (nSPS) is 14.5. The molecule has 0 radical (unpaired) electrons. The fraction of sp³-hybridized carbons (Fsp3) is 0.154. The highest BCUT2D eigenvalue weighted by molar-refractivity contribution is 7.89. The molecule has 0 fully saturated rings. The first-order valence-corrected chi connectivity index (χ1v) is 8.01. The summed E-state index contributed by atoms with van der Waals surface area (Å²) in [5, 5.41) is 3.62. The van der Waals surface area contributed by atoms with Gasteiger partial charge in [-0.2, -0.15) is 4.09 Å². The zero-order chi connectivity index (χ0) is 15.9. The number of amides is 2. The third-order valence-electron chi connectivity index (χ3n) is 3.32. The Hall–Kier alpha value is -2.68. The number of hydrogen-bond donors (Lipinski definition) is 1. The highest BCUT2D eigenvalue weighted by atomic mass is 32.2. The maximum Gasteiger partial charge on any atom is 0.261 e. The van der Waals surface area contributed by atoms with Crippen molar-refractivity contribution in [1.29, 1.82) is 0 Å². The number of imide groups is 1. The van der Waals surface area contributed by atoms with Crippen LogP contribution in [0.5, 0.6) is 0 Å². The number of nitrogens with zero attached hydrogens (tertiary/aromatic N) is 3. The third kappa shape index (κ3) is 2.25. The second-order valence-corrected chi connectivity index (χ2v) is 6.68. The summed E-state index contributed by atoms with van der Waals surface area (Å²) in [5.41, 5.74) is 5.95. The lowest BCUT2D eigenvalue weighted by Crippen LogP contribution is -2.35. The maximum atomic E-state index is 12.1. The van der Waals surface area contributed by atoms with Crippen LogP contribution >= 0.6 is 0 Å². The summed E-state index contributed by atoms with van der Waals surface area (Å²) < 4.78 is 24.9. The van der Waals surface area contributed by atoms with Crippen LogP contribution in [-0.2, 0) is 10.0 Å². The fourth-order valence-electron chi connectivity index (χ4n) is 2.22. The molecule has 0 atom stereocenters. The van der Waals surface area contributed by atoms with Crippen molar-refractivity contribution in [3.63, 3.8) is 0 Å². The van der Waals surface area contributed by atoms with E-state index in [1.807, 2.05) is 0 Å². The zero-order valence-electron chi connectivity index (χ0n) is 11.3. The number of nitrogens with two attached hydrogens (primary N) is 1. The van der Waals surface area contributed by atoms with Crippen LogP contribution in [0.3, 0.4) is 0 Å². The molecule has 8 nitrogen and oxygen atoms in total. The highest BCUT2D eigenvalue weighted by Crippen LogP contribution is 2.22. The molecule has 0 saturated carbocycles. The number of rotatable bonds is 4. The maximum absolute atomic E-state index is 12.1. The van der Waals surface area contributed by atoms with E-state index in [1.54, 1.807) is 12.1 Å². The summed E-state index contributed by atoms with van der Waals surface area (Å²) in [7, 11) is -3.78. The molecule has 1 aromatic heterocycles. The standard InChI is InChI=1S/C13H12N4O4S/c14-11-5-6-17(15-11)22(20,21)8-7-16-12(18)9-3-1-2-4-10(9)13(16)19/h1-6H,7-8H2,(H2,14,15). The zero-order valence-corrected chi connectivity index (χ0v) is 12.2. The first-order chi connectivity index (χ1) is 10.4. The van der Waals surface area contributed by atoms with Crippen LogP contribution in [0.2, 0.25) is 0 Å². The molecule has 0 spiro atoms. The topological polar surface area (TPSA) is 115 Å². The van der Waals surface area contributed by atoms with Crippen molar-refractivity contribution in [3.8, 4) is 0 Å². The largest absolute Gasteiger partial charge is 0.382 e. The summed E-state index contributed by atoms with van der Waals surface area (Å²) in [4.78, 5) is 25.2. The molecule has 2 N–H and O–H groups in total. The Morgan fingerprint density at radius 1 is 1.05 bits per heavy atom. The number of fused-ring (bicyclic) bond motifs is 1. The van der Waals surface area contributed by atoms with Crippen LogP contribution in [0.25, 0.3) is 0 Å². The summed E-state index contributed by atoms with van der Waals surface area (Å²) in [6.45, 7) is -0.242. The van der Waals surface area contributed by atoms with Gasteiger partial charge in [0.15, 0.2) is 0 Å². The number of anilines is 1. The van der Waals surface area contributed by atoms with Crippen LogP contribution < -0.4 is 5.73 Å². The SMILES string of the molecule is Nc1ccn(S(=O)(=O)CCN2C(=O)c3ccccc3C2=O)n1. The number of carbonyl (C=O) groups is 2. The summed E-state index contributed by atoms with van der Waals surface area (Å²) >= 11 is 0. The van der Waals surface area contributed by atoms with Crippen molar-refractivity contribution < 1.29 is 18.0 Å². The number of nitrogen functional groups attached to an aromatic ring is 1. The van der Waals surface area contributed by atoms with Crippen molar-refractivity contribution in [2.24, 2.45) is 0 Å². The first-order valence-electron chi connectivity index (χ1n) is 6.40. The van der Waals surface area contributed by atoms with Crippen molar-refractivity contribution in [2.45, 2.75) is 0 Å². The van der Waals surface area contributed by atoms with Crippen molar-refractivity contribution in [3.05, 3.63) is 47.7 Å². The van der Waals surface area contributed by atoms with Gasteiger partial charge in [0.25, 0.3) is 21.8 Å². The lowest BCUT2D eigenvalue weighted by molar-refractivity contribution is 0.0664. The predicted molar refractivity (Wildman–Crippen MR) is 77.6 cm³/mol. The van der Waals surface area contributed by atoms with Gasteiger partial charge in [0.05, 0.1) is 16.9 Å². The van der Waals surface area contributed by atoms with Crippen LogP contribution in [0.1, 0.15) is 20.7 Å². The quantitative estimate of drug-likeness (QED) is 0.789. The van der Waals surface area contributed by atoms with Crippen molar-refractivity contribution >= 4 is 27.7 Å². The Morgan fingerprint density at radius 2 is 1.64 bits per heavy atom. The molecule has 114 valence electrons. The van der Waals surface area contributed by atoms with Gasteiger partial charge < -0.3 is 5.73 Å². The Labute approximate surface area is 126 Å². The first kappa shape index (κ1) is 14.3. The second kappa shape index (κ2) is 4.95. The van der Waals surface area contributed by atoms with E-state index in [0.29, 0.717) is 0 Å². The molecule has 0 aliphatic carbocycles. The van der Waals surface area contributed by atoms with Crippen LogP contribution in [0.15, 0.2) is 36.5 Å². The monoisotopic (exact) mass is 320 g/mol. The Morgan fingerprint density at radius 3 is 2.14 bits per heavy atom. The predicted octanol–water partition coefficient (Wildman–Crippen LogP) is -0.0606. The number of benzene rings is 1. The lowest BCUT2D eigenvalue weighted by atomic mass is 10.1. The average Bonchev–Trinajstić information content (AvgIpc) is 3.02. The van der Waals surface area contributed by atoms with E-state index in [0.717, 1.165) is 8.99 Å². The molecule has 1 aromatic carbocycles. The van der Waals surface area contributed by atoms with Gasteiger partial charge in [-0.1, -0.05) is 12.1 Å². The molecule has 9 heteroatoms. The minimum atomic E-state index is -3.78. The van der Waals surface area contributed by atoms with E-state index in [4.69, 9.17) is 5.73 Å². The average molecular weight is 320 g/mol. The Balaban J connectivity index is 1.78. The fourth-order valence-corrected chi connectivity index (χ4v) is 3.28. The van der Waals surface area contributed by atoms with Crippen LogP contribution in [0.4, 0.5) is 5.82 Å². The van der Waals surface area contributed by atoms with Crippen molar-refractivity contribution in [1.82, 2.24) is 14.1 Å². The smallest absolute Gasteiger partial charge is 0.261 e. The van der Waals surface area contributed by atoms with E-state index < -0.39 is 27.6 Å². The van der Waals surface area contributed by atoms with Crippen LogP contribution in [0, 0.1) is 0 Å². The summed E-state index contributed by atoms with van der Waals surface area (Å²) in [6.07, 6.45) is 1.22. The van der Waals surface area contributed by atoms with E-state index in [1.165, 1.54) is 24.4 Å². The van der Waals surface area contributed by atoms with Gasteiger partial charge >= 0.3 is 0 Å². The molecule has 2 amide bonds. The van der Waals surface area contributed by atoms with Gasteiger partial charge in [0.1, 0.15) is 5.82 Å². The molecular weight excluding hydrogens is 308 g/mol. The third-order valence-corrected chi connectivity index (χ3v) is 4.79. The lowest BCUT2D eigenvalue weighted by Gasteiger charge is -2.13. The molecule has 2 aromatic rings. The van der Waals surface area contributed by atoms with E-state index in [9.17, 15) is 18.0 Å². The Kier molecular flexibility index (Phi) is 3.21. The van der Waals surface area contributed by atoms with Gasteiger partial charge in [-0.05, 0) is 12.1 Å². The molecular formula is C13H12N4O4S. The molecule has 3 rings (SSSR count). The van der Waals surface area contributed by atoms with E-state index in [2.05, 4.69) is 5.10 Å². The summed E-state index contributed by atoms with van der Waals surface area (Å²) in [5.74, 6) is -1.34. The molecule has 1 aliphatic heterocycles. The Bertz CT molecular complexity index is 837. The molecule has 2 heterocycles. The van der Waals surface area contributed by atoms with Gasteiger partial charge in [-0.3, -0.25) is 14.5 Å². The number of hydrogen-bond acceptors (Lipinski definition) is 6. The summed E-state index contributed by atoms with van der Waals surface area (Å²) in [6, 6.07) is 7.73. The molecule has 22 heavy (non-hydrogen) atoms. The minimum absolute atomic E-state index is 0.0734. The highest BCUT2D eigenvalue weighted by Gasteiger charge is 2.35. The minimum Gasteiger partial charge on any atom is -0.382 e. The van der Waals surface area contributed by atoms with Gasteiger partial charge in [0, 0.05) is 18.8 Å².